The SMILES string of the molecule is Cc1ccc2c(c1O)C[C@@H](C1CCN(S(=O)(=O)N3CCC(Cc4ccccc4)CC3)CC1)O[C@H]2CN. The average Bonchev–Trinajstić information content (AvgIpc) is 2.91. The topological polar surface area (TPSA) is 96.1 Å². The molecule has 3 aliphatic rings. The lowest BCUT2D eigenvalue weighted by molar-refractivity contribution is -0.0614. The summed E-state index contributed by atoms with van der Waals surface area (Å²) < 4.78 is 36.5. The van der Waals surface area contributed by atoms with Crippen molar-refractivity contribution >= 4 is 10.2 Å². The monoisotopic (exact) mass is 513 g/mol. The van der Waals surface area contributed by atoms with E-state index < -0.39 is 10.2 Å². The van der Waals surface area contributed by atoms with Crippen LogP contribution in [0.5, 0.6) is 5.75 Å². The van der Waals surface area contributed by atoms with E-state index in [2.05, 4.69) is 24.3 Å². The normalized spacial score (nSPS) is 25.1. The molecule has 0 amide bonds. The second-order valence-electron chi connectivity index (χ2n) is 10.7. The Hall–Kier alpha value is -1.97. The van der Waals surface area contributed by atoms with Crippen LogP contribution in [0.25, 0.3) is 0 Å². The van der Waals surface area contributed by atoms with Gasteiger partial charge in [-0.05, 0) is 67.6 Å². The molecule has 3 heterocycles. The molecule has 2 aromatic carbocycles. The molecule has 5 rings (SSSR count). The van der Waals surface area contributed by atoms with E-state index in [4.69, 9.17) is 10.5 Å². The Balaban J connectivity index is 1.17. The summed E-state index contributed by atoms with van der Waals surface area (Å²) in [7, 11) is -3.45. The number of phenolic OH excluding ortho intramolecular Hbond substituents is 1. The molecule has 2 atom stereocenters. The van der Waals surface area contributed by atoms with Crippen LogP contribution < -0.4 is 5.73 Å². The van der Waals surface area contributed by atoms with E-state index in [1.54, 1.807) is 8.61 Å². The highest BCUT2D eigenvalue weighted by atomic mass is 32.2. The van der Waals surface area contributed by atoms with Crippen molar-refractivity contribution in [2.75, 3.05) is 32.7 Å². The lowest BCUT2D eigenvalue weighted by atomic mass is 9.83. The Kier molecular flexibility index (Phi) is 7.70. The zero-order valence-electron chi connectivity index (χ0n) is 21.2. The molecule has 2 saturated heterocycles. The molecule has 0 saturated carbocycles. The first-order chi connectivity index (χ1) is 17.4. The number of benzene rings is 2. The molecule has 196 valence electrons. The van der Waals surface area contributed by atoms with Gasteiger partial charge in [-0.2, -0.15) is 17.0 Å². The fourth-order valence-electron chi connectivity index (χ4n) is 6.21. The first kappa shape index (κ1) is 25.7. The fraction of sp³-hybridized carbons (Fsp3) is 0.571. The molecule has 8 heteroatoms. The van der Waals surface area contributed by atoms with Gasteiger partial charge in [-0.1, -0.05) is 42.5 Å². The largest absolute Gasteiger partial charge is 0.507 e. The van der Waals surface area contributed by atoms with Crippen molar-refractivity contribution in [2.45, 2.75) is 57.7 Å². The number of hydrogen-bond donors (Lipinski definition) is 2. The molecule has 3 N–H and O–H groups in total. The zero-order valence-corrected chi connectivity index (χ0v) is 22.0. The molecule has 7 nitrogen and oxygen atoms in total. The van der Waals surface area contributed by atoms with Gasteiger partial charge in [0.15, 0.2) is 0 Å². The first-order valence-electron chi connectivity index (χ1n) is 13.3. The van der Waals surface area contributed by atoms with E-state index in [-0.39, 0.29) is 18.1 Å². The van der Waals surface area contributed by atoms with Crippen LogP contribution in [0, 0.1) is 18.8 Å². The highest BCUT2D eigenvalue weighted by Crippen LogP contribution is 2.40. The maximum absolute atomic E-state index is 13.4. The number of nitrogens with two attached hydrogens (primary N) is 1. The van der Waals surface area contributed by atoms with Crippen LogP contribution >= 0.6 is 0 Å². The third-order valence-electron chi connectivity index (χ3n) is 8.44. The second kappa shape index (κ2) is 10.8. The van der Waals surface area contributed by atoms with E-state index in [1.165, 1.54) is 5.56 Å². The van der Waals surface area contributed by atoms with Gasteiger partial charge in [0.05, 0.1) is 12.2 Å². The van der Waals surface area contributed by atoms with Gasteiger partial charge in [-0.3, -0.25) is 0 Å². The number of rotatable bonds is 6. The number of aromatic hydroxyl groups is 1. The molecular weight excluding hydrogens is 474 g/mol. The quantitative estimate of drug-likeness (QED) is 0.616. The van der Waals surface area contributed by atoms with Crippen LogP contribution in [0.15, 0.2) is 42.5 Å². The number of piperidine rings is 2. The molecule has 2 fully saturated rings. The molecule has 0 aliphatic carbocycles. The van der Waals surface area contributed by atoms with E-state index in [0.29, 0.717) is 50.8 Å². The first-order valence-corrected chi connectivity index (χ1v) is 14.7. The van der Waals surface area contributed by atoms with Crippen molar-refractivity contribution in [3.05, 3.63) is 64.7 Å². The van der Waals surface area contributed by atoms with Crippen molar-refractivity contribution in [1.29, 1.82) is 0 Å². The molecule has 36 heavy (non-hydrogen) atoms. The number of fused-ring (bicyclic) bond motifs is 1. The van der Waals surface area contributed by atoms with Gasteiger partial charge in [-0.25, -0.2) is 0 Å². The van der Waals surface area contributed by atoms with Gasteiger partial charge in [0.2, 0.25) is 0 Å². The molecule has 3 aliphatic heterocycles. The van der Waals surface area contributed by atoms with Crippen LogP contribution in [-0.2, 0) is 27.8 Å². The van der Waals surface area contributed by atoms with Crippen LogP contribution in [0.1, 0.15) is 54.0 Å². The summed E-state index contributed by atoms with van der Waals surface area (Å²) in [6.07, 6.45) is 4.70. The number of nitrogens with zero attached hydrogens (tertiary/aromatic N) is 2. The van der Waals surface area contributed by atoms with Gasteiger partial charge in [0, 0.05) is 44.7 Å². The minimum Gasteiger partial charge on any atom is -0.507 e. The predicted octanol–water partition coefficient (Wildman–Crippen LogP) is 3.55. The average molecular weight is 514 g/mol. The minimum absolute atomic E-state index is 0.0580. The molecule has 0 radical (unpaired) electrons. The van der Waals surface area contributed by atoms with Crippen molar-refractivity contribution in [3.63, 3.8) is 0 Å². The van der Waals surface area contributed by atoms with Gasteiger partial charge in [0.1, 0.15) is 5.75 Å². The molecule has 2 aromatic rings. The van der Waals surface area contributed by atoms with Gasteiger partial charge in [-0.15, -0.1) is 0 Å². The highest BCUT2D eigenvalue weighted by molar-refractivity contribution is 7.86. The lowest BCUT2D eigenvalue weighted by Gasteiger charge is -2.41. The van der Waals surface area contributed by atoms with E-state index in [1.807, 2.05) is 25.1 Å². The molecule has 0 aromatic heterocycles. The Bertz CT molecular complexity index is 1140. The summed E-state index contributed by atoms with van der Waals surface area (Å²) in [4.78, 5) is 0. The Morgan fingerprint density at radius 1 is 0.972 bits per heavy atom. The smallest absolute Gasteiger partial charge is 0.281 e. The van der Waals surface area contributed by atoms with Gasteiger partial charge < -0.3 is 15.6 Å². The van der Waals surface area contributed by atoms with Crippen LogP contribution in [0.3, 0.4) is 0 Å². The third kappa shape index (κ3) is 5.20. The maximum Gasteiger partial charge on any atom is 0.281 e. The molecule has 0 spiro atoms. The van der Waals surface area contributed by atoms with Crippen LogP contribution in [0.4, 0.5) is 0 Å². The Morgan fingerprint density at radius 2 is 1.61 bits per heavy atom. The molecular formula is C28H39N3O4S. The lowest BCUT2D eigenvalue weighted by Crippen LogP contribution is -2.51. The number of hydrogen-bond acceptors (Lipinski definition) is 5. The minimum atomic E-state index is -3.45. The van der Waals surface area contributed by atoms with Crippen molar-refractivity contribution in [2.24, 2.45) is 17.6 Å². The zero-order chi connectivity index (χ0) is 25.3. The summed E-state index contributed by atoms with van der Waals surface area (Å²) in [6.45, 7) is 4.48. The summed E-state index contributed by atoms with van der Waals surface area (Å²) in [5.41, 5.74) is 10.1. The second-order valence-corrected chi connectivity index (χ2v) is 12.6. The van der Waals surface area contributed by atoms with Crippen molar-refractivity contribution in [1.82, 2.24) is 8.61 Å². The van der Waals surface area contributed by atoms with E-state index in [9.17, 15) is 13.5 Å². The summed E-state index contributed by atoms with van der Waals surface area (Å²) in [6, 6.07) is 14.4. The summed E-state index contributed by atoms with van der Waals surface area (Å²) >= 11 is 0. The molecule has 0 bridgehead atoms. The number of phenols is 1. The van der Waals surface area contributed by atoms with Crippen LogP contribution in [0.2, 0.25) is 0 Å². The maximum atomic E-state index is 13.4. The van der Waals surface area contributed by atoms with Gasteiger partial charge in [0.25, 0.3) is 10.2 Å². The number of aryl methyl sites for hydroxylation is 1. The standard InChI is InChI=1S/C28H39N3O4S/c1-20-7-8-24-25(28(20)32)18-26(35-27(24)19-29)23-11-15-31(16-12-23)36(33,34)30-13-9-22(10-14-30)17-21-5-3-2-4-6-21/h2-8,22-23,26-27,32H,9-19,29H2,1H3/t26-,27-/m0/s1. The highest BCUT2D eigenvalue weighted by Gasteiger charge is 2.39. The Labute approximate surface area is 215 Å². The summed E-state index contributed by atoms with van der Waals surface area (Å²) in [5.74, 6) is 1.12. The third-order valence-corrected chi connectivity index (χ3v) is 10.5. The fourth-order valence-corrected chi connectivity index (χ4v) is 7.88. The van der Waals surface area contributed by atoms with E-state index in [0.717, 1.165) is 48.8 Å². The van der Waals surface area contributed by atoms with Crippen molar-refractivity contribution in [3.8, 4) is 5.75 Å². The molecule has 0 unspecified atom stereocenters. The van der Waals surface area contributed by atoms with Crippen LogP contribution in [-0.4, -0.2) is 61.0 Å². The number of ether oxygens (including phenoxy) is 1. The van der Waals surface area contributed by atoms with E-state index >= 15 is 0 Å². The summed E-state index contributed by atoms with van der Waals surface area (Å²) in [5, 5.41) is 10.7. The van der Waals surface area contributed by atoms with Crippen molar-refractivity contribution < 1.29 is 18.3 Å². The van der Waals surface area contributed by atoms with Gasteiger partial charge >= 0.3 is 0 Å². The Morgan fingerprint density at radius 3 is 2.25 bits per heavy atom. The predicted molar refractivity (Wildman–Crippen MR) is 141 cm³/mol.